The second-order valence-corrected chi connectivity index (χ2v) is 8.70. The molecule has 0 bridgehead atoms. The van der Waals surface area contributed by atoms with Gasteiger partial charge in [0.15, 0.2) is 23.3 Å². The van der Waals surface area contributed by atoms with Crippen LogP contribution in [0, 0.1) is 18.3 Å². The number of methoxy groups -OCH3 is 3. The van der Waals surface area contributed by atoms with Crippen LogP contribution in [-0.2, 0) is 10.0 Å². The Bertz CT molecular complexity index is 1210. The van der Waals surface area contributed by atoms with Crippen LogP contribution < -0.4 is 14.2 Å². The van der Waals surface area contributed by atoms with Crippen LogP contribution in [0.25, 0.3) is 6.08 Å². The van der Waals surface area contributed by atoms with Gasteiger partial charge in [-0.15, -0.1) is 0 Å². The topological polar surface area (TPSA) is 106 Å². The second kappa shape index (κ2) is 8.32. The number of hydrogen-bond donors (Lipinski definition) is 0. The highest BCUT2D eigenvalue weighted by Gasteiger charge is 2.40. The Morgan fingerprint density at radius 2 is 1.61 bits per heavy atom. The molecule has 1 aliphatic heterocycles. The summed E-state index contributed by atoms with van der Waals surface area (Å²) in [4.78, 5) is 12.6. The van der Waals surface area contributed by atoms with Crippen molar-refractivity contribution in [3.8, 4) is 23.3 Å². The highest BCUT2D eigenvalue weighted by molar-refractivity contribution is 7.89. The van der Waals surface area contributed by atoms with Gasteiger partial charge in [-0.2, -0.15) is 5.26 Å². The molecule has 2 aromatic carbocycles. The van der Waals surface area contributed by atoms with Gasteiger partial charge in [0.1, 0.15) is 0 Å². The number of carbonyl (C=O) groups excluding carboxylic acids is 1. The minimum absolute atomic E-state index is 0.0308. The Labute approximate surface area is 181 Å². The smallest absolute Gasteiger partial charge is 0.265 e. The lowest BCUT2D eigenvalue weighted by molar-refractivity contribution is 0.101. The van der Waals surface area contributed by atoms with Gasteiger partial charge in [-0.25, -0.2) is 8.42 Å². The zero-order chi connectivity index (χ0) is 22.9. The first-order valence-corrected chi connectivity index (χ1v) is 10.7. The van der Waals surface area contributed by atoms with Gasteiger partial charge in [0.05, 0.1) is 37.9 Å². The number of nitrogens with zero attached hydrogens (tertiary/aromatic N) is 2. The summed E-state index contributed by atoms with van der Waals surface area (Å²) < 4.78 is 43.9. The molecule has 0 aliphatic carbocycles. The number of benzene rings is 2. The lowest BCUT2D eigenvalue weighted by Crippen LogP contribution is -2.33. The number of ketones is 1. The Kier molecular flexibility index (Phi) is 5.95. The van der Waals surface area contributed by atoms with Crippen molar-refractivity contribution < 1.29 is 27.4 Å². The molecule has 0 N–H and O–H groups in total. The summed E-state index contributed by atoms with van der Waals surface area (Å²) in [6.07, 6.45) is 2.78. The lowest BCUT2D eigenvalue weighted by Gasteiger charge is -2.32. The summed E-state index contributed by atoms with van der Waals surface area (Å²) in [5, 5.41) is 10.0. The fourth-order valence-electron chi connectivity index (χ4n) is 3.63. The fraction of sp³-hybridized carbons (Fsp3) is 0.273. The number of aryl methyl sites for hydroxylation is 1. The van der Waals surface area contributed by atoms with E-state index in [-0.39, 0.29) is 33.3 Å². The van der Waals surface area contributed by atoms with Crippen LogP contribution in [0.2, 0.25) is 0 Å². The molecule has 1 heterocycles. The molecule has 0 fully saturated rings. The van der Waals surface area contributed by atoms with Gasteiger partial charge in [-0.3, -0.25) is 9.10 Å². The van der Waals surface area contributed by atoms with Crippen molar-refractivity contribution >= 4 is 21.9 Å². The molecular weight excluding hydrogens is 420 g/mol. The van der Waals surface area contributed by atoms with Crippen LogP contribution in [0.15, 0.2) is 35.4 Å². The Balaban J connectivity index is 2.34. The number of rotatable bonds is 6. The summed E-state index contributed by atoms with van der Waals surface area (Å²) >= 11 is 0. The summed E-state index contributed by atoms with van der Waals surface area (Å²) in [6, 6.07) is 7.00. The molecule has 8 nitrogen and oxygen atoms in total. The second-order valence-electron chi connectivity index (χ2n) is 6.85. The molecule has 2 aromatic rings. The van der Waals surface area contributed by atoms with Gasteiger partial charge in [-0.05, 0) is 32.1 Å². The fourth-order valence-corrected chi connectivity index (χ4v) is 5.01. The molecule has 31 heavy (non-hydrogen) atoms. The van der Waals surface area contributed by atoms with Gasteiger partial charge in [0.25, 0.3) is 10.0 Å². The molecular formula is C22H22N2O6S. The van der Waals surface area contributed by atoms with Crippen LogP contribution in [0.4, 0.5) is 0 Å². The van der Waals surface area contributed by atoms with E-state index in [4.69, 9.17) is 14.2 Å². The molecule has 9 heteroatoms. The van der Waals surface area contributed by atoms with Gasteiger partial charge >= 0.3 is 0 Å². The summed E-state index contributed by atoms with van der Waals surface area (Å²) in [7, 11) is 0.0922. The average Bonchev–Trinajstić information content (AvgIpc) is 2.76. The predicted octanol–water partition coefficient (Wildman–Crippen LogP) is 3.46. The maximum atomic E-state index is 13.3. The SMILES string of the molecule is COc1c2c(c(C(C)=O)c(OC)c1OC)C(C#N)N(S(=O)(=O)c1ccc(C)cc1)C=C2. The van der Waals surface area contributed by atoms with Crippen molar-refractivity contribution in [2.75, 3.05) is 21.3 Å². The minimum Gasteiger partial charge on any atom is -0.492 e. The quantitative estimate of drug-likeness (QED) is 0.631. The Morgan fingerprint density at radius 1 is 1.03 bits per heavy atom. The highest BCUT2D eigenvalue weighted by Crippen LogP contribution is 2.50. The van der Waals surface area contributed by atoms with E-state index in [0.29, 0.717) is 5.56 Å². The van der Waals surface area contributed by atoms with Gasteiger partial charge in [-0.1, -0.05) is 17.7 Å². The molecule has 3 rings (SSSR count). The van der Waals surface area contributed by atoms with E-state index in [1.807, 2.05) is 13.0 Å². The zero-order valence-corrected chi connectivity index (χ0v) is 18.6. The monoisotopic (exact) mass is 442 g/mol. The van der Waals surface area contributed by atoms with Crippen molar-refractivity contribution in [2.24, 2.45) is 0 Å². The van der Waals surface area contributed by atoms with Gasteiger partial charge < -0.3 is 14.2 Å². The molecule has 0 spiro atoms. The average molecular weight is 442 g/mol. The number of ether oxygens (including phenoxy) is 3. The molecule has 1 aliphatic rings. The Hall–Kier alpha value is -3.51. The van der Waals surface area contributed by atoms with E-state index >= 15 is 0 Å². The zero-order valence-electron chi connectivity index (χ0n) is 17.8. The van der Waals surface area contributed by atoms with E-state index in [1.165, 1.54) is 52.7 Å². The third-order valence-electron chi connectivity index (χ3n) is 5.04. The molecule has 0 radical (unpaired) electrons. The first-order valence-electron chi connectivity index (χ1n) is 9.27. The number of carbonyl (C=O) groups is 1. The Morgan fingerprint density at radius 3 is 2.10 bits per heavy atom. The van der Waals surface area contributed by atoms with E-state index in [1.54, 1.807) is 12.1 Å². The van der Waals surface area contributed by atoms with Crippen LogP contribution in [0.1, 0.15) is 40.0 Å². The molecule has 0 aromatic heterocycles. The molecule has 0 saturated carbocycles. The van der Waals surface area contributed by atoms with Crippen molar-refractivity contribution in [2.45, 2.75) is 24.8 Å². The third-order valence-corrected chi connectivity index (χ3v) is 6.80. The van der Waals surface area contributed by atoms with Crippen LogP contribution in [-0.4, -0.2) is 39.8 Å². The van der Waals surface area contributed by atoms with E-state index < -0.39 is 21.8 Å². The van der Waals surface area contributed by atoms with Crippen LogP contribution in [0.3, 0.4) is 0 Å². The predicted molar refractivity (Wildman–Crippen MR) is 114 cm³/mol. The number of sulfonamides is 1. The standard InChI is InChI=1S/C22H22N2O6S/c1-13-6-8-15(9-7-13)31(26,27)24-11-10-16-19(17(24)12-23)18(14(2)25)21(29-4)22(30-5)20(16)28-3/h6-11,17H,1-5H3. The van der Waals surface area contributed by atoms with Gasteiger partial charge in [0, 0.05) is 17.3 Å². The van der Waals surface area contributed by atoms with Gasteiger partial charge in [0.2, 0.25) is 5.75 Å². The minimum atomic E-state index is -4.08. The number of nitriles is 1. The van der Waals surface area contributed by atoms with Crippen molar-refractivity contribution in [3.63, 3.8) is 0 Å². The molecule has 1 atom stereocenters. The van der Waals surface area contributed by atoms with E-state index in [0.717, 1.165) is 9.87 Å². The normalized spacial score (nSPS) is 15.1. The molecule has 0 saturated heterocycles. The van der Waals surface area contributed by atoms with Crippen molar-refractivity contribution in [3.05, 3.63) is 52.7 Å². The number of hydrogen-bond acceptors (Lipinski definition) is 7. The maximum absolute atomic E-state index is 13.3. The van der Waals surface area contributed by atoms with E-state index in [9.17, 15) is 18.5 Å². The summed E-state index contributed by atoms with van der Waals surface area (Å²) in [6.45, 7) is 3.16. The van der Waals surface area contributed by atoms with Crippen LogP contribution in [0.5, 0.6) is 17.2 Å². The number of Topliss-reactive ketones (excluding diaryl/α,β-unsaturated/α-hetero) is 1. The maximum Gasteiger partial charge on any atom is 0.265 e. The largest absolute Gasteiger partial charge is 0.492 e. The molecule has 162 valence electrons. The lowest BCUT2D eigenvalue weighted by atomic mass is 9.89. The van der Waals surface area contributed by atoms with Crippen molar-refractivity contribution in [1.82, 2.24) is 4.31 Å². The first-order chi connectivity index (χ1) is 14.7. The third kappa shape index (κ3) is 3.49. The molecule has 1 unspecified atom stereocenters. The summed E-state index contributed by atoms with van der Waals surface area (Å²) in [5.74, 6) is 0.0967. The first kappa shape index (κ1) is 22.2. The highest BCUT2D eigenvalue weighted by atomic mass is 32.2. The summed E-state index contributed by atoms with van der Waals surface area (Å²) in [5.41, 5.74) is 1.53. The number of fused-ring (bicyclic) bond motifs is 1. The molecule has 0 amide bonds. The van der Waals surface area contributed by atoms with Crippen molar-refractivity contribution in [1.29, 1.82) is 5.26 Å². The van der Waals surface area contributed by atoms with E-state index in [2.05, 4.69) is 0 Å². The van der Waals surface area contributed by atoms with Crippen LogP contribution >= 0.6 is 0 Å².